The molecule has 0 bridgehead atoms. The third-order valence-electron chi connectivity index (χ3n) is 11.8. The Morgan fingerprint density at radius 2 is 1.09 bits per heavy atom. The number of nitrogens with zero attached hydrogens (tertiary/aromatic N) is 4. The number of halogens is 4. The molecule has 6 rings (SSSR count). The summed E-state index contributed by atoms with van der Waals surface area (Å²) in [4.78, 5) is 9.41. The van der Waals surface area contributed by atoms with E-state index in [1.807, 2.05) is 63.2 Å². The fourth-order valence-electron chi connectivity index (χ4n) is 8.22. The molecular weight excluding hydrogens is 753 g/mol. The van der Waals surface area contributed by atoms with Crippen molar-refractivity contribution < 1.29 is 23.7 Å². The summed E-state index contributed by atoms with van der Waals surface area (Å²) in [5.74, 6) is -0.229. The van der Waals surface area contributed by atoms with E-state index in [1.165, 1.54) is 24.3 Å². The molecule has 2 aliphatic heterocycles. The Kier molecular flexibility index (Phi) is 15.5. The Labute approximate surface area is 342 Å². The number of hydrogen-bond acceptors (Lipinski definition) is 7. The summed E-state index contributed by atoms with van der Waals surface area (Å²) in [6.07, 6.45) is 1.04. The molecule has 4 unspecified atom stereocenters. The molecule has 2 saturated heterocycles. The highest BCUT2D eigenvalue weighted by atomic mass is 35.5. The summed E-state index contributed by atoms with van der Waals surface area (Å²) in [6.45, 7) is 16.8. The second kappa shape index (κ2) is 19.8. The lowest BCUT2D eigenvalue weighted by Gasteiger charge is -2.41. The maximum Gasteiger partial charge on any atom is 0.125 e. The minimum Gasteiger partial charge on any atom is -0.496 e. The lowest BCUT2D eigenvalue weighted by Crippen LogP contribution is -2.50. The van der Waals surface area contributed by atoms with Gasteiger partial charge in [-0.15, -0.1) is 0 Å². The monoisotopic (exact) mass is 810 g/mol. The molecule has 11 heteroatoms. The number of methoxy groups -OCH3 is 1. The topological polar surface area (TPSA) is 62.7 Å². The average Bonchev–Trinajstić information content (AvgIpc) is 3.21. The molecule has 304 valence electrons. The summed E-state index contributed by atoms with van der Waals surface area (Å²) in [5.41, 5.74) is 1.30. The number of benzene rings is 4. The first kappa shape index (κ1) is 43.7. The predicted octanol–water partition coefficient (Wildman–Crippen LogP) is 9.08. The van der Waals surface area contributed by atoms with Crippen LogP contribution in [-0.4, -0.2) is 92.6 Å². The molecule has 0 aromatic heterocycles. The Bertz CT molecular complexity index is 1860. The van der Waals surface area contributed by atoms with Crippen LogP contribution < -0.4 is 14.5 Å². The lowest BCUT2D eigenvalue weighted by molar-refractivity contribution is -0.0358. The van der Waals surface area contributed by atoms with Gasteiger partial charge in [-0.05, 0) is 85.1 Å². The summed E-state index contributed by atoms with van der Waals surface area (Å²) in [6, 6.07) is 26.6. The summed E-state index contributed by atoms with van der Waals surface area (Å²) in [5, 5.41) is 24.2. The smallest absolute Gasteiger partial charge is 0.125 e. The number of piperazine rings is 2. The van der Waals surface area contributed by atoms with Crippen LogP contribution in [0.1, 0.15) is 51.7 Å². The molecule has 0 radical (unpaired) electrons. The van der Waals surface area contributed by atoms with Crippen LogP contribution >= 0.6 is 23.2 Å². The van der Waals surface area contributed by atoms with E-state index in [0.717, 1.165) is 86.9 Å². The molecule has 0 amide bonds. The van der Waals surface area contributed by atoms with Crippen molar-refractivity contribution in [3.05, 3.63) is 124 Å². The molecule has 4 aromatic carbocycles. The van der Waals surface area contributed by atoms with E-state index in [9.17, 15) is 19.0 Å². The Morgan fingerprint density at radius 1 is 0.625 bits per heavy atom. The number of rotatable bonds is 13. The zero-order valence-corrected chi connectivity index (χ0v) is 34.9. The van der Waals surface area contributed by atoms with Gasteiger partial charge in [-0.1, -0.05) is 75.2 Å². The zero-order valence-electron chi connectivity index (χ0n) is 33.4. The van der Waals surface area contributed by atoms with E-state index in [2.05, 4.69) is 38.7 Å². The van der Waals surface area contributed by atoms with Crippen molar-refractivity contribution in [2.75, 3.05) is 82.4 Å². The standard InChI is InChI=1S/C23H30ClFN2O2.C22H28ClFN2O/c1-4-23(28,21-15-19(25)8-9-22(21)29-3)17(2)16-26-10-12-27(13-11-26)20-7-5-6-18(24)14-20;1-3-22(27,18-6-4-8-20(24)14-18)17(2)16-25-10-12-26(13-11-25)21-9-5-7-19(23)15-21/h5-9,14-15,17,28H,4,10-13,16H2,1-3H3;4-9,14-15,17,27H,3,10-13,16H2,1-2H3. The van der Waals surface area contributed by atoms with Gasteiger partial charge in [-0.25, -0.2) is 8.78 Å². The molecule has 0 spiro atoms. The van der Waals surface area contributed by atoms with Crippen LogP contribution in [0.3, 0.4) is 0 Å². The average molecular weight is 812 g/mol. The van der Waals surface area contributed by atoms with Crippen molar-refractivity contribution in [2.24, 2.45) is 11.8 Å². The number of anilines is 2. The van der Waals surface area contributed by atoms with Crippen molar-refractivity contribution in [2.45, 2.75) is 51.7 Å². The van der Waals surface area contributed by atoms with E-state index < -0.39 is 11.2 Å². The second-order valence-electron chi connectivity index (χ2n) is 15.2. The first-order chi connectivity index (χ1) is 26.8. The second-order valence-corrected chi connectivity index (χ2v) is 16.1. The van der Waals surface area contributed by atoms with E-state index in [4.69, 9.17) is 27.9 Å². The van der Waals surface area contributed by atoms with Gasteiger partial charge in [0, 0.05) is 104 Å². The van der Waals surface area contributed by atoms with Crippen LogP contribution in [0.4, 0.5) is 20.2 Å². The Hall–Kier alpha value is -3.44. The van der Waals surface area contributed by atoms with Crippen LogP contribution in [0, 0.1) is 23.5 Å². The summed E-state index contributed by atoms with van der Waals surface area (Å²) in [7, 11) is 1.55. The molecule has 0 saturated carbocycles. The highest BCUT2D eigenvalue weighted by Gasteiger charge is 2.38. The Morgan fingerprint density at radius 3 is 1.54 bits per heavy atom. The lowest BCUT2D eigenvalue weighted by atomic mass is 9.79. The van der Waals surface area contributed by atoms with Crippen molar-refractivity contribution in [3.63, 3.8) is 0 Å². The molecule has 2 N–H and O–H groups in total. The van der Waals surface area contributed by atoms with Gasteiger partial charge in [0.15, 0.2) is 0 Å². The fourth-order valence-corrected chi connectivity index (χ4v) is 8.59. The Balaban J connectivity index is 0.000000215. The largest absolute Gasteiger partial charge is 0.496 e. The fraction of sp³-hybridized carbons (Fsp3) is 0.467. The number of aliphatic hydroxyl groups is 2. The van der Waals surface area contributed by atoms with Crippen LogP contribution in [0.15, 0.2) is 91.0 Å². The van der Waals surface area contributed by atoms with Crippen LogP contribution in [0.2, 0.25) is 10.0 Å². The van der Waals surface area contributed by atoms with Gasteiger partial charge in [0.2, 0.25) is 0 Å². The van der Waals surface area contributed by atoms with Gasteiger partial charge in [0.05, 0.1) is 18.3 Å². The van der Waals surface area contributed by atoms with Gasteiger partial charge in [0.25, 0.3) is 0 Å². The van der Waals surface area contributed by atoms with Crippen molar-refractivity contribution in [1.82, 2.24) is 9.80 Å². The van der Waals surface area contributed by atoms with Gasteiger partial charge < -0.3 is 24.7 Å². The summed E-state index contributed by atoms with van der Waals surface area (Å²) < 4.78 is 33.0. The van der Waals surface area contributed by atoms with E-state index in [1.54, 1.807) is 19.2 Å². The van der Waals surface area contributed by atoms with E-state index >= 15 is 0 Å². The minimum atomic E-state index is -1.16. The van der Waals surface area contributed by atoms with Gasteiger partial charge in [-0.2, -0.15) is 0 Å². The molecule has 4 aromatic rings. The van der Waals surface area contributed by atoms with Crippen LogP contribution in [0.25, 0.3) is 0 Å². The highest BCUT2D eigenvalue weighted by molar-refractivity contribution is 6.31. The predicted molar refractivity (Wildman–Crippen MR) is 226 cm³/mol. The van der Waals surface area contributed by atoms with Gasteiger partial charge in [-0.3, -0.25) is 9.80 Å². The van der Waals surface area contributed by atoms with Crippen LogP contribution in [-0.2, 0) is 11.2 Å². The summed E-state index contributed by atoms with van der Waals surface area (Å²) >= 11 is 12.2. The van der Waals surface area contributed by atoms with E-state index in [-0.39, 0.29) is 23.5 Å². The third-order valence-corrected chi connectivity index (χ3v) is 12.3. The zero-order chi connectivity index (χ0) is 40.5. The highest BCUT2D eigenvalue weighted by Crippen LogP contribution is 2.40. The number of hydrogen-bond donors (Lipinski definition) is 2. The molecule has 2 heterocycles. The van der Waals surface area contributed by atoms with Gasteiger partial charge in [0.1, 0.15) is 17.4 Å². The number of ether oxygens (including phenoxy) is 1. The third kappa shape index (κ3) is 10.7. The SMILES string of the molecule is CCC(O)(c1cc(F)ccc1OC)C(C)CN1CCN(c2cccc(Cl)c2)CC1.CCC(O)(c1cccc(F)c1)C(C)CN1CCN(c2cccc(Cl)c2)CC1. The van der Waals surface area contributed by atoms with E-state index in [0.29, 0.717) is 29.7 Å². The van der Waals surface area contributed by atoms with Gasteiger partial charge >= 0.3 is 0 Å². The molecule has 56 heavy (non-hydrogen) atoms. The quantitative estimate of drug-likeness (QED) is 0.140. The molecule has 2 fully saturated rings. The minimum absolute atomic E-state index is 0.00187. The normalized spacial score (nSPS) is 18.6. The molecule has 0 aliphatic carbocycles. The van der Waals surface area contributed by atoms with Crippen molar-refractivity contribution in [3.8, 4) is 5.75 Å². The van der Waals surface area contributed by atoms with Crippen molar-refractivity contribution in [1.29, 1.82) is 0 Å². The molecular formula is C45H58Cl2F2N4O3. The maximum atomic E-state index is 13.9. The first-order valence-corrected chi connectivity index (χ1v) is 20.6. The first-order valence-electron chi connectivity index (χ1n) is 19.8. The molecule has 7 nitrogen and oxygen atoms in total. The van der Waals surface area contributed by atoms with Crippen molar-refractivity contribution >= 4 is 34.6 Å². The van der Waals surface area contributed by atoms with Crippen LogP contribution in [0.5, 0.6) is 5.75 Å². The maximum absolute atomic E-state index is 13.9. The molecule has 2 aliphatic rings. The molecule has 4 atom stereocenters.